The molecule has 0 aliphatic heterocycles. The number of hydrogen-bond donors (Lipinski definition) is 1. The van der Waals surface area contributed by atoms with Crippen molar-refractivity contribution in [3.05, 3.63) is 0 Å². The van der Waals surface area contributed by atoms with Crippen molar-refractivity contribution in [1.29, 1.82) is 0 Å². The van der Waals surface area contributed by atoms with Gasteiger partial charge in [-0.3, -0.25) is 0 Å². The molecule has 80 valence electrons. The lowest BCUT2D eigenvalue weighted by molar-refractivity contribution is 0.121. The van der Waals surface area contributed by atoms with Crippen LogP contribution in [0.15, 0.2) is 0 Å². The Kier molecular flexibility index (Phi) is 6.35. The van der Waals surface area contributed by atoms with Crippen molar-refractivity contribution >= 4 is 0 Å². The zero-order chi connectivity index (χ0) is 10.3. The first-order chi connectivity index (χ1) is 5.95. The van der Waals surface area contributed by atoms with Crippen LogP contribution in [-0.4, -0.2) is 19.8 Å². The lowest BCUT2D eigenvalue weighted by Gasteiger charge is -2.23. The molecular weight excluding hydrogens is 162 g/mol. The molecule has 1 atom stereocenters. The zero-order valence-electron chi connectivity index (χ0n) is 9.60. The van der Waals surface area contributed by atoms with Gasteiger partial charge in [0.2, 0.25) is 0 Å². The van der Waals surface area contributed by atoms with E-state index in [1.54, 1.807) is 0 Å². The monoisotopic (exact) mass is 187 g/mol. The van der Waals surface area contributed by atoms with Gasteiger partial charge in [-0.2, -0.15) is 0 Å². The molecule has 2 nitrogen and oxygen atoms in total. The summed E-state index contributed by atoms with van der Waals surface area (Å²) < 4.78 is 5.34. The Bertz CT molecular complexity index is 118. The maximum Gasteiger partial charge on any atom is 0.0588 e. The molecule has 0 aromatic rings. The Morgan fingerprint density at radius 2 is 1.85 bits per heavy atom. The summed E-state index contributed by atoms with van der Waals surface area (Å²) in [5.74, 6) is 0.748. The lowest BCUT2D eigenvalue weighted by Crippen LogP contribution is -2.14. The fraction of sp³-hybridized carbons (Fsp3) is 1.00. The van der Waals surface area contributed by atoms with Gasteiger partial charge in [-0.15, -0.1) is 0 Å². The Morgan fingerprint density at radius 3 is 2.31 bits per heavy atom. The second kappa shape index (κ2) is 6.39. The zero-order valence-corrected chi connectivity index (χ0v) is 9.60. The van der Waals surface area contributed by atoms with Gasteiger partial charge in [0.1, 0.15) is 0 Å². The number of nitrogens with two attached hydrogens (primary N) is 1. The van der Waals surface area contributed by atoms with E-state index in [4.69, 9.17) is 10.5 Å². The van der Waals surface area contributed by atoms with Crippen LogP contribution >= 0.6 is 0 Å². The van der Waals surface area contributed by atoms with Crippen LogP contribution in [0.4, 0.5) is 0 Å². The third-order valence-corrected chi connectivity index (χ3v) is 1.98. The molecule has 1 unspecified atom stereocenters. The largest absolute Gasteiger partial charge is 0.380 e. The van der Waals surface area contributed by atoms with Crippen LogP contribution in [0.1, 0.15) is 40.5 Å². The smallest absolute Gasteiger partial charge is 0.0588 e. The van der Waals surface area contributed by atoms with Gasteiger partial charge < -0.3 is 10.5 Å². The highest BCUT2D eigenvalue weighted by Gasteiger charge is 2.14. The van der Waals surface area contributed by atoms with Gasteiger partial charge in [0.15, 0.2) is 0 Å². The molecule has 0 rings (SSSR count). The molecule has 0 heterocycles. The van der Waals surface area contributed by atoms with Gasteiger partial charge in [0.25, 0.3) is 0 Å². The summed E-state index contributed by atoms with van der Waals surface area (Å²) in [6.07, 6.45) is 2.41. The van der Waals surface area contributed by atoms with E-state index in [0.717, 1.165) is 18.9 Å². The summed E-state index contributed by atoms with van der Waals surface area (Å²) in [6, 6.07) is 0. The molecule has 0 fully saturated rings. The van der Waals surface area contributed by atoms with Gasteiger partial charge >= 0.3 is 0 Å². The standard InChI is InChI=1S/C11H25NO/c1-10(9-11(2,3)4)5-7-13-8-6-12/h10H,5-9,12H2,1-4H3. The van der Waals surface area contributed by atoms with Crippen molar-refractivity contribution in [1.82, 2.24) is 0 Å². The van der Waals surface area contributed by atoms with Crippen molar-refractivity contribution in [2.24, 2.45) is 17.1 Å². The van der Waals surface area contributed by atoms with E-state index in [9.17, 15) is 0 Å². The summed E-state index contributed by atoms with van der Waals surface area (Å²) in [7, 11) is 0. The Morgan fingerprint density at radius 1 is 1.23 bits per heavy atom. The van der Waals surface area contributed by atoms with Crippen LogP contribution in [0.3, 0.4) is 0 Å². The maximum atomic E-state index is 5.34. The summed E-state index contributed by atoms with van der Waals surface area (Å²) in [6.45, 7) is 11.3. The van der Waals surface area contributed by atoms with Crippen molar-refractivity contribution < 1.29 is 4.74 Å². The molecule has 0 radical (unpaired) electrons. The summed E-state index contributed by atoms with van der Waals surface area (Å²) in [4.78, 5) is 0. The third-order valence-electron chi connectivity index (χ3n) is 1.98. The van der Waals surface area contributed by atoms with Crippen molar-refractivity contribution in [2.45, 2.75) is 40.5 Å². The van der Waals surface area contributed by atoms with E-state index < -0.39 is 0 Å². The normalized spacial score (nSPS) is 14.5. The lowest BCUT2D eigenvalue weighted by atomic mass is 9.84. The van der Waals surface area contributed by atoms with Gasteiger partial charge in [-0.05, 0) is 24.2 Å². The molecule has 0 bridgehead atoms. The average Bonchev–Trinajstić information content (AvgIpc) is 1.94. The summed E-state index contributed by atoms with van der Waals surface area (Å²) >= 11 is 0. The minimum absolute atomic E-state index is 0.438. The minimum atomic E-state index is 0.438. The first-order valence-corrected chi connectivity index (χ1v) is 5.23. The van der Waals surface area contributed by atoms with Gasteiger partial charge in [0, 0.05) is 13.2 Å². The SMILES string of the molecule is CC(CCOCCN)CC(C)(C)C. The third kappa shape index (κ3) is 9.84. The van der Waals surface area contributed by atoms with Crippen molar-refractivity contribution in [3.63, 3.8) is 0 Å². The molecule has 0 amide bonds. The molecule has 0 aromatic carbocycles. The fourth-order valence-corrected chi connectivity index (χ4v) is 1.62. The Balaban J connectivity index is 3.35. The number of ether oxygens (including phenoxy) is 1. The number of rotatable bonds is 6. The molecule has 13 heavy (non-hydrogen) atoms. The molecule has 0 aliphatic carbocycles. The molecule has 0 saturated heterocycles. The average molecular weight is 187 g/mol. The minimum Gasteiger partial charge on any atom is -0.380 e. The van der Waals surface area contributed by atoms with E-state index in [2.05, 4.69) is 27.7 Å². The van der Waals surface area contributed by atoms with Crippen LogP contribution in [0.5, 0.6) is 0 Å². The van der Waals surface area contributed by atoms with Crippen LogP contribution in [0, 0.1) is 11.3 Å². The van der Waals surface area contributed by atoms with Crippen molar-refractivity contribution in [3.8, 4) is 0 Å². The van der Waals surface area contributed by atoms with Crippen LogP contribution in [0.2, 0.25) is 0 Å². The van der Waals surface area contributed by atoms with E-state index in [1.165, 1.54) is 6.42 Å². The highest BCUT2D eigenvalue weighted by atomic mass is 16.5. The fourth-order valence-electron chi connectivity index (χ4n) is 1.62. The quantitative estimate of drug-likeness (QED) is 0.648. The molecular formula is C11H25NO. The second-order valence-corrected chi connectivity index (χ2v) is 5.06. The molecule has 2 heteroatoms. The first-order valence-electron chi connectivity index (χ1n) is 5.23. The predicted molar refractivity (Wildman–Crippen MR) is 57.7 cm³/mol. The van der Waals surface area contributed by atoms with Gasteiger partial charge in [-0.1, -0.05) is 27.7 Å². The maximum absolute atomic E-state index is 5.34. The molecule has 0 aromatic heterocycles. The highest BCUT2D eigenvalue weighted by molar-refractivity contribution is 4.66. The van der Waals surface area contributed by atoms with Gasteiger partial charge in [0.05, 0.1) is 6.61 Å². The van der Waals surface area contributed by atoms with E-state index in [0.29, 0.717) is 18.6 Å². The van der Waals surface area contributed by atoms with Crippen LogP contribution < -0.4 is 5.73 Å². The molecule has 0 saturated carbocycles. The van der Waals surface area contributed by atoms with Crippen LogP contribution in [-0.2, 0) is 4.74 Å². The Hall–Kier alpha value is -0.0800. The summed E-state index contributed by atoms with van der Waals surface area (Å²) in [5, 5.41) is 0. The van der Waals surface area contributed by atoms with E-state index >= 15 is 0 Å². The topological polar surface area (TPSA) is 35.2 Å². The van der Waals surface area contributed by atoms with E-state index in [1.807, 2.05) is 0 Å². The van der Waals surface area contributed by atoms with Gasteiger partial charge in [-0.25, -0.2) is 0 Å². The number of hydrogen-bond acceptors (Lipinski definition) is 2. The highest BCUT2D eigenvalue weighted by Crippen LogP contribution is 2.25. The summed E-state index contributed by atoms with van der Waals surface area (Å²) in [5.41, 5.74) is 5.76. The second-order valence-electron chi connectivity index (χ2n) is 5.06. The first kappa shape index (κ1) is 12.9. The predicted octanol–water partition coefficient (Wildman–Crippen LogP) is 2.42. The Labute approximate surface area is 82.8 Å². The molecule has 0 spiro atoms. The van der Waals surface area contributed by atoms with Crippen molar-refractivity contribution in [2.75, 3.05) is 19.8 Å². The molecule has 0 aliphatic rings. The van der Waals surface area contributed by atoms with E-state index in [-0.39, 0.29) is 0 Å². The molecule has 2 N–H and O–H groups in total. The van der Waals surface area contributed by atoms with Crippen LogP contribution in [0.25, 0.3) is 0 Å².